The first kappa shape index (κ1) is 15.0. The molecule has 3 nitrogen and oxygen atoms in total. The SMILES string of the molecule is Cc1cc(C)cc(OC(C)C(=O)Nc2ccc(F)cc2)c1. The fourth-order valence-electron chi connectivity index (χ4n) is 2.04. The van der Waals surface area contributed by atoms with Crippen LogP contribution < -0.4 is 10.1 Å². The van der Waals surface area contributed by atoms with Gasteiger partial charge in [-0.15, -0.1) is 0 Å². The summed E-state index contributed by atoms with van der Waals surface area (Å²) in [6.45, 7) is 5.63. The molecule has 0 spiro atoms. The van der Waals surface area contributed by atoms with Crippen LogP contribution in [-0.4, -0.2) is 12.0 Å². The van der Waals surface area contributed by atoms with Gasteiger partial charge in [0.25, 0.3) is 5.91 Å². The molecular weight excluding hydrogens is 269 g/mol. The fourth-order valence-corrected chi connectivity index (χ4v) is 2.04. The van der Waals surface area contributed by atoms with Crippen molar-refractivity contribution in [2.24, 2.45) is 0 Å². The largest absolute Gasteiger partial charge is 0.481 e. The van der Waals surface area contributed by atoms with Crippen molar-refractivity contribution in [3.63, 3.8) is 0 Å². The van der Waals surface area contributed by atoms with Crippen molar-refractivity contribution in [3.05, 3.63) is 59.4 Å². The lowest BCUT2D eigenvalue weighted by molar-refractivity contribution is -0.122. The predicted molar refractivity (Wildman–Crippen MR) is 81.0 cm³/mol. The normalized spacial score (nSPS) is 11.8. The summed E-state index contributed by atoms with van der Waals surface area (Å²) in [7, 11) is 0. The van der Waals surface area contributed by atoms with Gasteiger partial charge in [0.05, 0.1) is 0 Å². The van der Waals surface area contributed by atoms with E-state index in [9.17, 15) is 9.18 Å². The van der Waals surface area contributed by atoms with Crippen LogP contribution in [0, 0.1) is 19.7 Å². The molecule has 0 aromatic heterocycles. The highest BCUT2D eigenvalue weighted by molar-refractivity contribution is 5.94. The fraction of sp³-hybridized carbons (Fsp3) is 0.235. The minimum atomic E-state index is -0.642. The minimum absolute atomic E-state index is 0.277. The van der Waals surface area contributed by atoms with Gasteiger partial charge in [0, 0.05) is 5.69 Å². The van der Waals surface area contributed by atoms with E-state index in [-0.39, 0.29) is 11.7 Å². The molecule has 110 valence electrons. The maximum Gasteiger partial charge on any atom is 0.265 e. The Kier molecular flexibility index (Phi) is 4.58. The highest BCUT2D eigenvalue weighted by atomic mass is 19.1. The van der Waals surface area contributed by atoms with E-state index in [1.165, 1.54) is 24.3 Å². The van der Waals surface area contributed by atoms with Gasteiger partial charge in [-0.25, -0.2) is 4.39 Å². The minimum Gasteiger partial charge on any atom is -0.481 e. The van der Waals surface area contributed by atoms with Crippen molar-refractivity contribution in [1.82, 2.24) is 0 Å². The van der Waals surface area contributed by atoms with Gasteiger partial charge in [0.1, 0.15) is 11.6 Å². The number of benzene rings is 2. The summed E-state index contributed by atoms with van der Waals surface area (Å²) < 4.78 is 18.5. The molecule has 1 atom stereocenters. The number of hydrogen-bond acceptors (Lipinski definition) is 2. The molecule has 1 amide bonds. The second-order valence-electron chi connectivity index (χ2n) is 5.08. The molecule has 0 fully saturated rings. The third-order valence-corrected chi connectivity index (χ3v) is 2.99. The molecule has 0 aliphatic rings. The van der Waals surface area contributed by atoms with Crippen LogP contribution in [0.1, 0.15) is 18.1 Å². The Hall–Kier alpha value is -2.36. The summed E-state index contributed by atoms with van der Waals surface area (Å²) in [5.41, 5.74) is 2.70. The van der Waals surface area contributed by atoms with Crippen LogP contribution >= 0.6 is 0 Å². The van der Waals surface area contributed by atoms with E-state index in [0.717, 1.165) is 11.1 Å². The smallest absolute Gasteiger partial charge is 0.265 e. The maximum absolute atomic E-state index is 12.8. The number of halogens is 1. The van der Waals surface area contributed by atoms with Crippen molar-refractivity contribution >= 4 is 11.6 Å². The Morgan fingerprint density at radius 2 is 1.67 bits per heavy atom. The Labute approximate surface area is 123 Å². The molecule has 0 saturated carbocycles. The van der Waals surface area contributed by atoms with Crippen LogP contribution in [0.3, 0.4) is 0 Å². The van der Waals surface area contributed by atoms with E-state index in [2.05, 4.69) is 5.32 Å². The van der Waals surface area contributed by atoms with Crippen LogP contribution in [0.2, 0.25) is 0 Å². The molecule has 4 heteroatoms. The molecule has 21 heavy (non-hydrogen) atoms. The molecule has 0 heterocycles. The first-order chi connectivity index (χ1) is 9.94. The topological polar surface area (TPSA) is 38.3 Å². The van der Waals surface area contributed by atoms with Crippen molar-refractivity contribution in [2.45, 2.75) is 26.9 Å². The molecule has 0 aliphatic heterocycles. The van der Waals surface area contributed by atoms with Crippen molar-refractivity contribution in [2.75, 3.05) is 5.32 Å². The molecular formula is C17H18FNO2. The number of carbonyl (C=O) groups excluding carboxylic acids is 1. The molecule has 2 aromatic rings. The summed E-state index contributed by atoms with van der Waals surface area (Å²) >= 11 is 0. The summed E-state index contributed by atoms with van der Waals surface area (Å²) in [6, 6.07) is 11.4. The Morgan fingerprint density at radius 1 is 1.10 bits per heavy atom. The first-order valence-electron chi connectivity index (χ1n) is 6.75. The van der Waals surface area contributed by atoms with Gasteiger partial charge in [-0.3, -0.25) is 4.79 Å². The van der Waals surface area contributed by atoms with Crippen LogP contribution in [0.15, 0.2) is 42.5 Å². The monoisotopic (exact) mass is 287 g/mol. The Bertz CT molecular complexity index is 617. The lowest BCUT2D eigenvalue weighted by atomic mass is 10.1. The van der Waals surface area contributed by atoms with Crippen LogP contribution in [0.25, 0.3) is 0 Å². The summed E-state index contributed by atoms with van der Waals surface area (Å²) in [6.07, 6.45) is -0.642. The number of ether oxygens (including phenoxy) is 1. The molecule has 2 rings (SSSR count). The van der Waals surface area contributed by atoms with E-state index < -0.39 is 6.10 Å². The number of amides is 1. The summed E-state index contributed by atoms with van der Waals surface area (Å²) in [5, 5.41) is 2.69. The Balaban J connectivity index is 2.00. The number of carbonyl (C=O) groups is 1. The number of hydrogen-bond donors (Lipinski definition) is 1. The van der Waals surface area contributed by atoms with E-state index in [1.54, 1.807) is 6.92 Å². The molecule has 1 N–H and O–H groups in total. The highest BCUT2D eigenvalue weighted by Crippen LogP contribution is 2.18. The van der Waals surface area contributed by atoms with Crippen LogP contribution in [0.4, 0.5) is 10.1 Å². The molecule has 2 aromatic carbocycles. The molecule has 0 saturated heterocycles. The maximum atomic E-state index is 12.8. The van der Waals surface area contributed by atoms with Gasteiger partial charge in [0.15, 0.2) is 6.10 Å². The zero-order valence-electron chi connectivity index (χ0n) is 12.3. The molecule has 1 unspecified atom stereocenters. The summed E-state index contributed by atoms with van der Waals surface area (Å²) in [4.78, 5) is 12.0. The van der Waals surface area contributed by atoms with Crippen LogP contribution in [0.5, 0.6) is 5.75 Å². The Morgan fingerprint density at radius 3 is 2.24 bits per heavy atom. The van der Waals surface area contributed by atoms with E-state index in [1.807, 2.05) is 32.0 Å². The lowest BCUT2D eigenvalue weighted by Gasteiger charge is -2.15. The number of aryl methyl sites for hydroxylation is 2. The van der Waals surface area contributed by atoms with Crippen molar-refractivity contribution in [3.8, 4) is 5.75 Å². The van der Waals surface area contributed by atoms with Crippen LogP contribution in [-0.2, 0) is 4.79 Å². The zero-order valence-corrected chi connectivity index (χ0v) is 12.3. The standard InChI is InChI=1S/C17H18FNO2/c1-11-8-12(2)10-16(9-11)21-13(3)17(20)19-15-6-4-14(18)5-7-15/h4-10,13H,1-3H3,(H,19,20). The lowest BCUT2D eigenvalue weighted by Crippen LogP contribution is -2.30. The van der Waals surface area contributed by atoms with Gasteiger partial charge < -0.3 is 10.1 Å². The van der Waals surface area contributed by atoms with Crippen molar-refractivity contribution in [1.29, 1.82) is 0 Å². The molecule has 0 bridgehead atoms. The third kappa shape index (κ3) is 4.31. The number of nitrogens with one attached hydrogen (secondary N) is 1. The second-order valence-corrected chi connectivity index (χ2v) is 5.08. The molecule has 0 radical (unpaired) electrons. The van der Waals surface area contributed by atoms with E-state index >= 15 is 0 Å². The van der Waals surface area contributed by atoms with Gasteiger partial charge in [-0.05, 0) is 68.3 Å². The average Bonchev–Trinajstić information content (AvgIpc) is 2.40. The number of rotatable bonds is 4. The second kappa shape index (κ2) is 6.39. The van der Waals surface area contributed by atoms with Gasteiger partial charge >= 0.3 is 0 Å². The van der Waals surface area contributed by atoms with E-state index in [4.69, 9.17) is 4.74 Å². The van der Waals surface area contributed by atoms with Crippen molar-refractivity contribution < 1.29 is 13.9 Å². The van der Waals surface area contributed by atoms with Gasteiger partial charge in [-0.1, -0.05) is 6.07 Å². The molecule has 0 aliphatic carbocycles. The quantitative estimate of drug-likeness (QED) is 0.927. The van der Waals surface area contributed by atoms with Gasteiger partial charge in [-0.2, -0.15) is 0 Å². The number of anilines is 1. The predicted octanol–water partition coefficient (Wildman–Crippen LogP) is 3.85. The first-order valence-corrected chi connectivity index (χ1v) is 6.75. The van der Waals surface area contributed by atoms with E-state index in [0.29, 0.717) is 11.4 Å². The third-order valence-electron chi connectivity index (χ3n) is 2.99. The van der Waals surface area contributed by atoms with Gasteiger partial charge in [0.2, 0.25) is 0 Å². The summed E-state index contributed by atoms with van der Waals surface area (Å²) in [5.74, 6) is 0.0440. The average molecular weight is 287 g/mol. The highest BCUT2D eigenvalue weighted by Gasteiger charge is 2.15. The zero-order chi connectivity index (χ0) is 15.4.